The van der Waals surface area contributed by atoms with Crippen LogP contribution in [0.2, 0.25) is 0 Å². The van der Waals surface area contributed by atoms with Gasteiger partial charge in [0, 0.05) is 52.2 Å². The molecule has 1 saturated heterocycles. The number of aromatic nitrogens is 3. The molecule has 8 nitrogen and oxygen atoms in total. The van der Waals surface area contributed by atoms with Crippen molar-refractivity contribution in [3.63, 3.8) is 0 Å². The molecule has 9 heteroatoms. The number of nitrogens with one attached hydrogen (secondary N) is 2. The Morgan fingerprint density at radius 1 is 1.22 bits per heavy atom. The van der Waals surface area contributed by atoms with Gasteiger partial charge in [0.25, 0.3) is 5.91 Å². The van der Waals surface area contributed by atoms with Crippen LogP contribution in [0.5, 0.6) is 0 Å². The molecule has 0 atom stereocenters. The molecular weight excluding hydrogens is 409 g/mol. The molecule has 1 amide bonds. The first-order chi connectivity index (χ1) is 15.6. The fourth-order valence-electron chi connectivity index (χ4n) is 3.60. The Labute approximate surface area is 186 Å². The third-order valence-corrected chi connectivity index (χ3v) is 5.35. The average molecular weight is 436 g/mol. The maximum Gasteiger partial charge on any atom is 0.274 e. The van der Waals surface area contributed by atoms with Crippen LogP contribution in [0.25, 0.3) is 0 Å². The van der Waals surface area contributed by atoms with Gasteiger partial charge in [-0.25, -0.2) is 14.4 Å². The summed E-state index contributed by atoms with van der Waals surface area (Å²) in [4.78, 5) is 29.9. The lowest BCUT2D eigenvalue weighted by atomic mass is 10.1. The number of hydrogen-bond acceptors (Lipinski definition) is 7. The Bertz CT molecular complexity index is 1070. The minimum absolute atomic E-state index is 0.254. The molecule has 0 unspecified atom stereocenters. The van der Waals surface area contributed by atoms with Crippen molar-refractivity contribution >= 4 is 23.2 Å². The summed E-state index contributed by atoms with van der Waals surface area (Å²) in [7, 11) is 1.85. The standard InChI is InChI=1S/C23H26FN7O/c1-30(12-7-17-3-2-4-18(24)15-17)23-27-9-5-19(29-23)22(32)28-20-16-26-8-6-21(20)31-13-10-25-11-14-31/h2-6,8-9,15-16,25H,7,10-14H2,1H3,(H,28,32). The summed E-state index contributed by atoms with van der Waals surface area (Å²) in [5, 5.41) is 6.27. The molecule has 1 aliphatic rings. The molecule has 3 heterocycles. The van der Waals surface area contributed by atoms with E-state index < -0.39 is 0 Å². The summed E-state index contributed by atoms with van der Waals surface area (Å²) in [6.07, 6.45) is 5.58. The molecule has 1 aliphatic heterocycles. The molecule has 2 aromatic heterocycles. The lowest BCUT2D eigenvalue weighted by molar-refractivity contribution is 0.102. The highest BCUT2D eigenvalue weighted by atomic mass is 19.1. The predicted molar refractivity (Wildman–Crippen MR) is 123 cm³/mol. The summed E-state index contributed by atoms with van der Waals surface area (Å²) in [5.41, 5.74) is 2.75. The van der Waals surface area contributed by atoms with E-state index >= 15 is 0 Å². The molecule has 32 heavy (non-hydrogen) atoms. The van der Waals surface area contributed by atoms with Crippen molar-refractivity contribution in [3.8, 4) is 0 Å². The summed E-state index contributed by atoms with van der Waals surface area (Å²) < 4.78 is 13.4. The van der Waals surface area contributed by atoms with Gasteiger partial charge in [-0.1, -0.05) is 12.1 Å². The number of carbonyl (C=O) groups excluding carboxylic acids is 1. The van der Waals surface area contributed by atoms with Gasteiger partial charge in [-0.3, -0.25) is 9.78 Å². The SMILES string of the molecule is CN(CCc1cccc(F)c1)c1nccc(C(=O)Nc2cnccc2N2CCNCC2)n1. The molecule has 4 rings (SSSR count). The number of amides is 1. The molecule has 0 radical (unpaired) electrons. The van der Waals surface area contributed by atoms with E-state index in [9.17, 15) is 9.18 Å². The fraction of sp³-hybridized carbons (Fsp3) is 0.304. The first kappa shape index (κ1) is 21.6. The highest BCUT2D eigenvalue weighted by Gasteiger charge is 2.17. The van der Waals surface area contributed by atoms with Crippen LogP contribution < -0.4 is 20.4 Å². The Morgan fingerprint density at radius 2 is 2.06 bits per heavy atom. The number of carbonyl (C=O) groups is 1. The molecule has 3 aromatic rings. The Hall–Kier alpha value is -3.59. The van der Waals surface area contributed by atoms with E-state index in [2.05, 4.69) is 30.5 Å². The Kier molecular flexibility index (Phi) is 6.86. The van der Waals surface area contributed by atoms with Crippen molar-refractivity contribution in [2.45, 2.75) is 6.42 Å². The van der Waals surface area contributed by atoms with Gasteiger partial charge in [-0.2, -0.15) is 0 Å². The maximum atomic E-state index is 13.4. The second-order valence-corrected chi connectivity index (χ2v) is 7.63. The van der Waals surface area contributed by atoms with E-state index in [-0.39, 0.29) is 17.4 Å². The van der Waals surface area contributed by atoms with E-state index in [1.165, 1.54) is 12.1 Å². The summed E-state index contributed by atoms with van der Waals surface area (Å²) in [6.45, 7) is 4.10. The average Bonchev–Trinajstić information content (AvgIpc) is 2.83. The van der Waals surface area contributed by atoms with Crippen molar-refractivity contribution in [3.05, 3.63) is 72.1 Å². The van der Waals surface area contributed by atoms with Crippen molar-refractivity contribution in [2.75, 3.05) is 54.9 Å². The number of nitrogens with zero attached hydrogens (tertiary/aromatic N) is 5. The quantitative estimate of drug-likeness (QED) is 0.589. The molecule has 0 spiro atoms. The van der Waals surface area contributed by atoms with E-state index in [1.807, 2.05) is 24.1 Å². The molecule has 0 saturated carbocycles. The van der Waals surface area contributed by atoms with Crippen LogP contribution in [-0.2, 0) is 6.42 Å². The van der Waals surface area contributed by atoms with Crippen LogP contribution in [-0.4, -0.2) is 60.6 Å². The van der Waals surface area contributed by atoms with Crippen LogP contribution in [0.1, 0.15) is 16.1 Å². The number of hydrogen-bond donors (Lipinski definition) is 2. The first-order valence-electron chi connectivity index (χ1n) is 10.6. The van der Waals surface area contributed by atoms with Gasteiger partial charge in [0.15, 0.2) is 0 Å². The van der Waals surface area contributed by atoms with Gasteiger partial charge >= 0.3 is 0 Å². The molecule has 166 valence electrons. The van der Waals surface area contributed by atoms with E-state index in [4.69, 9.17) is 0 Å². The van der Waals surface area contributed by atoms with Gasteiger partial charge in [-0.15, -0.1) is 0 Å². The normalized spacial score (nSPS) is 13.6. The molecule has 1 aromatic carbocycles. The van der Waals surface area contributed by atoms with Gasteiger partial charge < -0.3 is 20.4 Å². The molecule has 0 aliphatic carbocycles. The highest BCUT2D eigenvalue weighted by Crippen LogP contribution is 2.25. The van der Waals surface area contributed by atoms with Crippen LogP contribution >= 0.6 is 0 Å². The van der Waals surface area contributed by atoms with Crippen LogP contribution in [0.15, 0.2) is 55.0 Å². The summed E-state index contributed by atoms with van der Waals surface area (Å²) >= 11 is 0. The maximum absolute atomic E-state index is 13.4. The Morgan fingerprint density at radius 3 is 2.88 bits per heavy atom. The number of pyridine rings is 1. The summed E-state index contributed by atoms with van der Waals surface area (Å²) in [5.74, 6) is -0.144. The largest absolute Gasteiger partial charge is 0.367 e. The summed E-state index contributed by atoms with van der Waals surface area (Å²) in [6, 6.07) is 10.0. The predicted octanol–water partition coefficient (Wildman–Crippen LogP) is 2.35. The number of piperazine rings is 1. The van der Waals surface area contributed by atoms with Crippen LogP contribution in [0, 0.1) is 5.82 Å². The zero-order valence-electron chi connectivity index (χ0n) is 18.0. The number of rotatable bonds is 7. The number of likely N-dealkylation sites (N-methyl/N-ethyl adjacent to an activating group) is 1. The highest BCUT2D eigenvalue weighted by molar-refractivity contribution is 6.04. The van der Waals surface area contributed by atoms with Gasteiger partial charge in [0.2, 0.25) is 5.95 Å². The lowest BCUT2D eigenvalue weighted by Crippen LogP contribution is -2.43. The Balaban J connectivity index is 1.43. The lowest BCUT2D eigenvalue weighted by Gasteiger charge is -2.30. The molecule has 1 fully saturated rings. The number of halogens is 1. The van der Waals surface area contributed by atoms with Crippen molar-refractivity contribution < 1.29 is 9.18 Å². The number of benzene rings is 1. The van der Waals surface area contributed by atoms with Crippen molar-refractivity contribution in [1.29, 1.82) is 0 Å². The van der Waals surface area contributed by atoms with Crippen molar-refractivity contribution in [2.24, 2.45) is 0 Å². The molecule has 2 N–H and O–H groups in total. The van der Waals surface area contributed by atoms with Crippen LogP contribution in [0.4, 0.5) is 21.7 Å². The van der Waals surface area contributed by atoms with E-state index in [1.54, 1.807) is 30.7 Å². The van der Waals surface area contributed by atoms with Gasteiger partial charge in [-0.05, 0) is 36.2 Å². The second kappa shape index (κ2) is 10.1. The third kappa shape index (κ3) is 5.36. The zero-order chi connectivity index (χ0) is 22.3. The van der Waals surface area contributed by atoms with Crippen molar-refractivity contribution in [1.82, 2.24) is 20.3 Å². The van der Waals surface area contributed by atoms with Gasteiger partial charge in [0.1, 0.15) is 11.5 Å². The molecular formula is C23H26FN7O. The first-order valence-corrected chi connectivity index (χ1v) is 10.6. The van der Waals surface area contributed by atoms with Gasteiger partial charge in [0.05, 0.1) is 17.6 Å². The van der Waals surface area contributed by atoms with E-state index in [0.717, 1.165) is 37.4 Å². The zero-order valence-corrected chi connectivity index (χ0v) is 18.0. The smallest absolute Gasteiger partial charge is 0.274 e. The minimum atomic E-state index is -0.323. The van der Waals surface area contributed by atoms with Crippen LogP contribution in [0.3, 0.4) is 0 Å². The third-order valence-electron chi connectivity index (χ3n) is 5.35. The monoisotopic (exact) mass is 435 g/mol. The molecule has 0 bridgehead atoms. The number of anilines is 3. The topological polar surface area (TPSA) is 86.3 Å². The fourth-order valence-corrected chi connectivity index (χ4v) is 3.60. The second-order valence-electron chi connectivity index (χ2n) is 7.63. The van der Waals surface area contributed by atoms with E-state index in [0.29, 0.717) is 24.6 Å². The minimum Gasteiger partial charge on any atom is -0.367 e.